The van der Waals surface area contributed by atoms with Crippen LogP contribution in [0.4, 0.5) is 5.82 Å². The van der Waals surface area contributed by atoms with Crippen molar-refractivity contribution in [2.45, 2.75) is 39.0 Å². The van der Waals surface area contributed by atoms with Gasteiger partial charge in [-0.15, -0.1) is 0 Å². The summed E-state index contributed by atoms with van der Waals surface area (Å²) in [7, 11) is 0. The molecule has 1 amide bonds. The van der Waals surface area contributed by atoms with Crippen LogP contribution in [0.15, 0.2) is 22.8 Å². The fraction of sp³-hybridized carbons (Fsp3) is 0.571. The molecule has 0 spiro atoms. The lowest BCUT2D eigenvalue weighted by molar-refractivity contribution is -0.116. The van der Waals surface area contributed by atoms with Gasteiger partial charge >= 0.3 is 0 Å². The molecule has 0 aromatic carbocycles. The number of hydrogen-bond donors (Lipinski definition) is 2. The number of nitrogens with zero attached hydrogens (tertiary/aromatic N) is 1. The number of carbonyl (C=O) groups is 1. The predicted octanol–water partition coefficient (Wildman–Crippen LogP) is 3.33. The highest BCUT2D eigenvalue weighted by Crippen LogP contribution is 2.17. The van der Waals surface area contributed by atoms with Gasteiger partial charge < -0.3 is 11.1 Å². The fourth-order valence-electron chi connectivity index (χ4n) is 2.07. The molecule has 3 N–H and O–H groups in total. The third kappa shape index (κ3) is 6.68. The highest BCUT2D eigenvalue weighted by molar-refractivity contribution is 9.10. The molecule has 0 bridgehead atoms. The number of halogens is 1. The Kier molecular flexibility index (Phi) is 7.67. The maximum absolute atomic E-state index is 11.8. The van der Waals surface area contributed by atoms with Gasteiger partial charge in [-0.05, 0) is 53.4 Å². The van der Waals surface area contributed by atoms with Gasteiger partial charge in [-0.3, -0.25) is 4.79 Å². The van der Waals surface area contributed by atoms with Crippen LogP contribution in [-0.2, 0) is 4.79 Å². The van der Waals surface area contributed by atoms with Crippen LogP contribution in [0, 0.1) is 5.92 Å². The lowest BCUT2D eigenvalue weighted by atomic mass is 9.94. The summed E-state index contributed by atoms with van der Waals surface area (Å²) in [5.41, 5.74) is 5.59. The number of nitrogens with one attached hydrogen (secondary N) is 1. The summed E-state index contributed by atoms with van der Waals surface area (Å²) < 4.78 is 0.899. The van der Waals surface area contributed by atoms with Crippen molar-refractivity contribution in [2.24, 2.45) is 11.7 Å². The quantitative estimate of drug-likeness (QED) is 0.769. The second-order valence-electron chi connectivity index (χ2n) is 4.68. The molecular formula is C14H22BrN3O. The van der Waals surface area contributed by atoms with Crippen LogP contribution in [0.3, 0.4) is 0 Å². The molecule has 0 aliphatic rings. The SMILES string of the molecule is CCCC(CCN)CCC(=O)Nc1ccc(Br)cn1. The summed E-state index contributed by atoms with van der Waals surface area (Å²) >= 11 is 3.31. The Morgan fingerprint density at radius 1 is 1.42 bits per heavy atom. The molecule has 0 fully saturated rings. The van der Waals surface area contributed by atoms with E-state index in [1.165, 1.54) is 0 Å². The summed E-state index contributed by atoms with van der Waals surface area (Å²) in [5.74, 6) is 1.17. The number of pyridine rings is 1. The highest BCUT2D eigenvalue weighted by Gasteiger charge is 2.10. The van der Waals surface area contributed by atoms with Gasteiger partial charge in [0.1, 0.15) is 5.82 Å². The first-order valence-electron chi connectivity index (χ1n) is 6.77. The Bertz CT molecular complexity index is 375. The van der Waals surface area contributed by atoms with Crippen LogP contribution in [-0.4, -0.2) is 17.4 Å². The van der Waals surface area contributed by atoms with E-state index >= 15 is 0 Å². The zero-order valence-corrected chi connectivity index (χ0v) is 12.9. The van der Waals surface area contributed by atoms with Crippen molar-refractivity contribution < 1.29 is 4.79 Å². The molecule has 5 heteroatoms. The van der Waals surface area contributed by atoms with E-state index in [2.05, 4.69) is 33.2 Å². The first-order valence-corrected chi connectivity index (χ1v) is 7.56. The molecule has 1 aromatic heterocycles. The van der Waals surface area contributed by atoms with Gasteiger partial charge in [-0.2, -0.15) is 0 Å². The van der Waals surface area contributed by atoms with Crippen LogP contribution < -0.4 is 11.1 Å². The molecule has 0 saturated carbocycles. The third-order valence-electron chi connectivity index (χ3n) is 3.05. The molecule has 1 heterocycles. The van der Waals surface area contributed by atoms with Gasteiger partial charge in [0.05, 0.1) is 0 Å². The van der Waals surface area contributed by atoms with E-state index in [0.717, 1.165) is 30.2 Å². The predicted molar refractivity (Wildman–Crippen MR) is 81.9 cm³/mol. The average Bonchev–Trinajstić information content (AvgIpc) is 2.39. The van der Waals surface area contributed by atoms with Gasteiger partial charge in [0.2, 0.25) is 5.91 Å². The van der Waals surface area contributed by atoms with Crippen LogP contribution in [0.5, 0.6) is 0 Å². The van der Waals surface area contributed by atoms with E-state index in [4.69, 9.17) is 5.73 Å². The van der Waals surface area contributed by atoms with Gasteiger partial charge in [-0.25, -0.2) is 4.98 Å². The van der Waals surface area contributed by atoms with E-state index in [0.29, 0.717) is 24.7 Å². The average molecular weight is 328 g/mol. The van der Waals surface area contributed by atoms with E-state index in [1.54, 1.807) is 12.3 Å². The molecule has 1 rings (SSSR count). The first-order chi connectivity index (χ1) is 9.15. The van der Waals surface area contributed by atoms with Crippen molar-refractivity contribution in [3.63, 3.8) is 0 Å². The summed E-state index contributed by atoms with van der Waals surface area (Å²) in [4.78, 5) is 15.9. The molecule has 0 radical (unpaired) electrons. The van der Waals surface area contributed by atoms with Crippen molar-refractivity contribution in [1.29, 1.82) is 0 Å². The van der Waals surface area contributed by atoms with E-state index < -0.39 is 0 Å². The minimum Gasteiger partial charge on any atom is -0.330 e. The second kappa shape index (κ2) is 9.04. The fourth-order valence-corrected chi connectivity index (χ4v) is 2.30. The number of nitrogens with two attached hydrogens (primary N) is 1. The first kappa shape index (κ1) is 16.1. The molecule has 4 nitrogen and oxygen atoms in total. The largest absolute Gasteiger partial charge is 0.330 e. The Hall–Kier alpha value is -0.940. The molecule has 0 aliphatic carbocycles. The van der Waals surface area contributed by atoms with Crippen molar-refractivity contribution in [3.05, 3.63) is 22.8 Å². The Balaban J connectivity index is 2.35. The minimum atomic E-state index is 0.0212. The number of carbonyl (C=O) groups excluding carboxylic acids is 1. The zero-order valence-electron chi connectivity index (χ0n) is 11.4. The Morgan fingerprint density at radius 3 is 2.79 bits per heavy atom. The van der Waals surface area contributed by atoms with Gasteiger partial charge in [0.25, 0.3) is 0 Å². The molecular weight excluding hydrogens is 306 g/mol. The maximum Gasteiger partial charge on any atom is 0.225 e. The zero-order chi connectivity index (χ0) is 14.1. The number of rotatable bonds is 8. The van der Waals surface area contributed by atoms with Crippen LogP contribution >= 0.6 is 15.9 Å². The van der Waals surface area contributed by atoms with Crippen molar-refractivity contribution in [3.8, 4) is 0 Å². The van der Waals surface area contributed by atoms with Crippen molar-refractivity contribution >= 4 is 27.7 Å². The monoisotopic (exact) mass is 327 g/mol. The minimum absolute atomic E-state index is 0.0212. The number of anilines is 1. The second-order valence-corrected chi connectivity index (χ2v) is 5.60. The summed E-state index contributed by atoms with van der Waals surface area (Å²) in [5, 5.41) is 2.81. The van der Waals surface area contributed by atoms with Gasteiger partial charge in [0, 0.05) is 17.1 Å². The number of hydrogen-bond acceptors (Lipinski definition) is 3. The van der Waals surface area contributed by atoms with Crippen molar-refractivity contribution in [1.82, 2.24) is 4.98 Å². The van der Waals surface area contributed by atoms with Crippen LogP contribution in [0.2, 0.25) is 0 Å². The van der Waals surface area contributed by atoms with Crippen molar-refractivity contribution in [2.75, 3.05) is 11.9 Å². The Labute approximate surface area is 123 Å². The molecule has 1 unspecified atom stereocenters. The molecule has 1 aromatic rings. The van der Waals surface area contributed by atoms with Gasteiger partial charge in [0.15, 0.2) is 0 Å². The lowest BCUT2D eigenvalue weighted by Gasteiger charge is -2.14. The summed E-state index contributed by atoms with van der Waals surface area (Å²) in [6.07, 6.45) is 6.37. The smallest absolute Gasteiger partial charge is 0.225 e. The topological polar surface area (TPSA) is 68.0 Å². The normalized spacial score (nSPS) is 12.2. The highest BCUT2D eigenvalue weighted by atomic mass is 79.9. The molecule has 0 aliphatic heterocycles. The maximum atomic E-state index is 11.8. The van der Waals surface area contributed by atoms with Crippen LogP contribution in [0.1, 0.15) is 39.0 Å². The van der Waals surface area contributed by atoms with Crippen LogP contribution in [0.25, 0.3) is 0 Å². The van der Waals surface area contributed by atoms with E-state index in [1.807, 2.05) is 6.07 Å². The molecule has 0 saturated heterocycles. The molecule has 19 heavy (non-hydrogen) atoms. The standard InChI is InChI=1S/C14H22BrN3O/c1-2-3-11(8-9-16)4-7-14(19)18-13-6-5-12(15)10-17-13/h5-6,10-11H,2-4,7-9,16H2,1H3,(H,17,18,19). The lowest BCUT2D eigenvalue weighted by Crippen LogP contribution is -2.15. The van der Waals surface area contributed by atoms with E-state index in [9.17, 15) is 4.79 Å². The molecule has 106 valence electrons. The summed E-state index contributed by atoms with van der Waals surface area (Å²) in [6, 6.07) is 3.64. The Morgan fingerprint density at radius 2 is 2.21 bits per heavy atom. The third-order valence-corrected chi connectivity index (χ3v) is 3.52. The molecule has 1 atom stereocenters. The van der Waals surface area contributed by atoms with E-state index in [-0.39, 0.29) is 5.91 Å². The number of aromatic nitrogens is 1. The van der Waals surface area contributed by atoms with Gasteiger partial charge in [-0.1, -0.05) is 19.8 Å². The number of amides is 1. The summed E-state index contributed by atoms with van der Waals surface area (Å²) in [6.45, 7) is 2.86.